The number of anilines is 1. The van der Waals surface area contributed by atoms with Crippen LogP contribution in [0.25, 0.3) is 0 Å². The van der Waals surface area contributed by atoms with Crippen molar-refractivity contribution in [1.29, 1.82) is 0 Å². The van der Waals surface area contributed by atoms with Gasteiger partial charge in [-0.2, -0.15) is 0 Å². The second-order valence-corrected chi connectivity index (χ2v) is 4.11. The maximum atomic E-state index is 11.7. The molecule has 0 fully saturated rings. The molecule has 1 aromatic carbocycles. The third kappa shape index (κ3) is 1.58. The number of amides is 1. The molecule has 1 heterocycles. The molecule has 0 radical (unpaired) electrons. The predicted molar refractivity (Wildman–Crippen MR) is 61.3 cm³/mol. The molecule has 1 unspecified atom stereocenters. The van der Waals surface area contributed by atoms with Crippen LogP contribution >= 0.6 is 0 Å². The van der Waals surface area contributed by atoms with Gasteiger partial charge in [0.15, 0.2) is 0 Å². The second-order valence-electron chi connectivity index (χ2n) is 4.11. The van der Waals surface area contributed by atoms with Crippen LogP contribution < -0.4 is 10.2 Å². The summed E-state index contributed by atoms with van der Waals surface area (Å²) >= 11 is 0. The monoisotopic (exact) mass is 204 g/mol. The summed E-state index contributed by atoms with van der Waals surface area (Å²) in [7, 11) is 3.72. The van der Waals surface area contributed by atoms with Crippen LogP contribution in [0.15, 0.2) is 18.2 Å². The van der Waals surface area contributed by atoms with Crippen LogP contribution in [0.3, 0.4) is 0 Å². The predicted octanol–water partition coefficient (Wildman–Crippen LogP) is 1.27. The van der Waals surface area contributed by atoms with Gasteiger partial charge in [0.2, 0.25) is 5.91 Å². The molecule has 1 atom stereocenters. The number of nitrogens with one attached hydrogen (secondary N) is 1. The van der Waals surface area contributed by atoms with Crippen molar-refractivity contribution in [3.05, 3.63) is 29.3 Å². The zero-order chi connectivity index (χ0) is 11.0. The molecule has 0 spiro atoms. The number of benzene rings is 1. The molecule has 1 amide bonds. The zero-order valence-electron chi connectivity index (χ0n) is 9.37. The van der Waals surface area contributed by atoms with Crippen LogP contribution in [0.2, 0.25) is 0 Å². The zero-order valence-corrected chi connectivity index (χ0v) is 9.37. The Balaban J connectivity index is 2.44. The molecule has 0 aliphatic carbocycles. The summed E-state index contributed by atoms with van der Waals surface area (Å²) in [4.78, 5) is 13.8. The van der Waals surface area contributed by atoms with Crippen LogP contribution in [0.5, 0.6) is 0 Å². The Kier molecular flexibility index (Phi) is 2.39. The van der Waals surface area contributed by atoms with Gasteiger partial charge in [0.05, 0.1) is 5.92 Å². The molecule has 0 bridgehead atoms. The van der Waals surface area contributed by atoms with Gasteiger partial charge in [0.25, 0.3) is 0 Å². The molecule has 1 aliphatic heterocycles. The Labute approximate surface area is 90.1 Å². The van der Waals surface area contributed by atoms with Gasteiger partial charge >= 0.3 is 0 Å². The fourth-order valence-electron chi connectivity index (χ4n) is 2.17. The smallest absolute Gasteiger partial charge is 0.229 e. The summed E-state index contributed by atoms with van der Waals surface area (Å²) < 4.78 is 0. The van der Waals surface area contributed by atoms with Gasteiger partial charge in [-0.15, -0.1) is 0 Å². The molecule has 0 saturated heterocycles. The lowest BCUT2D eigenvalue weighted by Gasteiger charge is -2.11. The minimum atomic E-state index is -0.0186. The molecule has 80 valence electrons. The number of hydrogen-bond donors (Lipinski definition) is 1. The van der Waals surface area contributed by atoms with Crippen molar-refractivity contribution in [2.45, 2.75) is 12.8 Å². The number of carbonyl (C=O) groups is 1. The van der Waals surface area contributed by atoms with Crippen LogP contribution in [-0.2, 0) is 4.79 Å². The van der Waals surface area contributed by atoms with Crippen molar-refractivity contribution in [2.75, 3.05) is 25.5 Å². The van der Waals surface area contributed by atoms with E-state index in [9.17, 15) is 4.79 Å². The number of carbonyl (C=O) groups excluding carboxylic acids is 1. The van der Waals surface area contributed by atoms with Crippen LogP contribution in [-0.4, -0.2) is 26.5 Å². The average Bonchev–Trinajstić information content (AvgIpc) is 2.54. The number of fused-ring (bicyclic) bond motifs is 1. The van der Waals surface area contributed by atoms with Crippen molar-refractivity contribution in [2.24, 2.45) is 0 Å². The van der Waals surface area contributed by atoms with E-state index in [0.717, 1.165) is 12.1 Å². The van der Waals surface area contributed by atoms with E-state index in [-0.39, 0.29) is 11.8 Å². The van der Waals surface area contributed by atoms with Crippen LogP contribution in [0, 0.1) is 6.92 Å². The van der Waals surface area contributed by atoms with E-state index in [0.29, 0.717) is 0 Å². The Morgan fingerprint density at radius 2 is 2.27 bits per heavy atom. The summed E-state index contributed by atoms with van der Waals surface area (Å²) in [5, 5.41) is 2.72. The molecule has 3 heteroatoms. The molecular formula is C12H16N2O. The number of hydrogen-bond acceptors (Lipinski definition) is 2. The van der Waals surface area contributed by atoms with Crippen molar-refractivity contribution >= 4 is 11.6 Å². The van der Waals surface area contributed by atoms with Crippen molar-refractivity contribution in [1.82, 2.24) is 5.32 Å². The molecule has 15 heavy (non-hydrogen) atoms. The maximum absolute atomic E-state index is 11.7. The van der Waals surface area contributed by atoms with Gasteiger partial charge < -0.3 is 10.2 Å². The number of rotatable bonds is 1. The van der Waals surface area contributed by atoms with Gasteiger partial charge in [0, 0.05) is 26.3 Å². The first-order valence-corrected chi connectivity index (χ1v) is 5.16. The summed E-state index contributed by atoms with van der Waals surface area (Å²) in [6.07, 6.45) is 0. The molecule has 3 nitrogen and oxygen atoms in total. The minimum Gasteiger partial charge on any atom is -0.373 e. The molecule has 0 saturated carbocycles. The quantitative estimate of drug-likeness (QED) is 0.747. The first kappa shape index (κ1) is 10.0. The van der Waals surface area contributed by atoms with E-state index < -0.39 is 0 Å². The van der Waals surface area contributed by atoms with Gasteiger partial charge in [-0.25, -0.2) is 0 Å². The molecule has 0 aromatic heterocycles. The maximum Gasteiger partial charge on any atom is 0.229 e. The van der Waals surface area contributed by atoms with Gasteiger partial charge in [-0.1, -0.05) is 17.7 Å². The Morgan fingerprint density at radius 3 is 2.93 bits per heavy atom. The highest BCUT2D eigenvalue weighted by atomic mass is 16.1. The van der Waals surface area contributed by atoms with Crippen LogP contribution in [0.4, 0.5) is 5.69 Å². The van der Waals surface area contributed by atoms with E-state index >= 15 is 0 Å². The molecule has 1 N–H and O–H groups in total. The number of aryl methyl sites for hydroxylation is 1. The van der Waals surface area contributed by atoms with E-state index in [1.165, 1.54) is 11.3 Å². The number of likely N-dealkylation sites (N-methyl/N-ethyl adjacent to an activating group) is 2. The highest BCUT2D eigenvalue weighted by molar-refractivity contribution is 5.88. The molecule has 1 aliphatic rings. The Bertz CT molecular complexity index is 401. The molecule has 1 aromatic rings. The van der Waals surface area contributed by atoms with E-state index in [4.69, 9.17) is 0 Å². The highest BCUT2D eigenvalue weighted by Crippen LogP contribution is 2.35. The van der Waals surface area contributed by atoms with Crippen molar-refractivity contribution in [3.63, 3.8) is 0 Å². The normalized spacial score (nSPS) is 18.9. The Hall–Kier alpha value is -1.51. The number of nitrogens with zero attached hydrogens (tertiary/aromatic N) is 1. The largest absolute Gasteiger partial charge is 0.373 e. The van der Waals surface area contributed by atoms with E-state index in [1.807, 2.05) is 7.05 Å². The summed E-state index contributed by atoms with van der Waals surface area (Å²) in [5.74, 6) is 0.0844. The highest BCUT2D eigenvalue weighted by Gasteiger charge is 2.31. The first-order valence-electron chi connectivity index (χ1n) is 5.16. The fourth-order valence-corrected chi connectivity index (χ4v) is 2.17. The van der Waals surface area contributed by atoms with Crippen LogP contribution in [0.1, 0.15) is 17.0 Å². The third-order valence-corrected chi connectivity index (χ3v) is 2.99. The lowest BCUT2D eigenvalue weighted by atomic mass is 9.99. The standard InChI is InChI=1S/C12H16N2O/c1-8-4-5-11-9(6-8)10(7-14(11)3)12(15)13-2/h4-6,10H,7H2,1-3H3,(H,13,15). The lowest BCUT2D eigenvalue weighted by molar-refractivity contribution is -0.121. The second kappa shape index (κ2) is 3.57. The first-order chi connectivity index (χ1) is 7.13. The molecule has 2 rings (SSSR count). The van der Waals surface area contributed by atoms with E-state index in [2.05, 4.69) is 35.3 Å². The van der Waals surface area contributed by atoms with Gasteiger partial charge in [0.1, 0.15) is 0 Å². The van der Waals surface area contributed by atoms with Gasteiger partial charge in [-0.3, -0.25) is 4.79 Å². The topological polar surface area (TPSA) is 32.3 Å². The van der Waals surface area contributed by atoms with E-state index in [1.54, 1.807) is 7.05 Å². The van der Waals surface area contributed by atoms with Crippen molar-refractivity contribution < 1.29 is 4.79 Å². The van der Waals surface area contributed by atoms with Gasteiger partial charge in [-0.05, 0) is 18.6 Å². The average molecular weight is 204 g/mol. The Morgan fingerprint density at radius 1 is 1.53 bits per heavy atom. The third-order valence-electron chi connectivity index (χ3n) is 2.99. The minimum absolute atomic E-state index is 0.0186. The SMILES string of the molecule is CNC(=O)C1CN(C)c2ccc(C)cc21. The fraction of sp³-hybridized carbons (Fsp3) is 0.417. The summed E-state index contributed by atoms with van der Waals surface area (Å²) in [6, 6.07) is 6.29. The summed E-state index contributed by atoms with van der Waals surface area (Å²) in [5.41, 5.74) is 3.53. The molecular weight excluding hydrogens is 188 g/mol. The van der Waals surface area contributed by atoms with Crippen molar-refractivity contribution in [3.8, 4) is 0 Å². The lowest BCUT2D eigenvalue weighted by Crippen LogP contribution is -2.28. The summed E-state index contributed by atoms with van der Waals surface area (Å²) in [6.45, 7) is 2.83.